The van der Waals surface area contributed by atoms with Crippen molar-refractivity contribution in [3.8, 4) is 6.07 Å². The molecule has 0 amide bonds. The van der Waals surface area contributed by atoms with Crippen LogP contribution in [0.25, 0.3) is 0 Å². The third-order valence-corrected chi connectivity index (χ3v) is 3.92. The van der Waals surface area contributed by atoms with Crippen LogP contribution in [-0.2, 0) is 16.1 Å². The third-order valence-electron chi connectivity index (χ3n) is 3.92. The zero-order valence-electron chi connectivity index (χ0n) is 13.5. The number of hydrogen-bond acceptors (Lipinski definition) is 5. The average molecular weight is 313 g/mol. The fourth-order valence-corrected chi connectivity index (χ4v) is 2.65. The molecule has 1 aromatic rings. The van der Waals surface area contributed by atoms with E-state index in [1.807, 2.05) is 12.1 Å². The molecule has 1 fully saturated rings. The number of carbonyl (C=O) groups is 1. The highest BCUT2D eigenvalue weighted by molar-refractivity contribution is 5.92. The Morgan fingerprint density at radius 2 is 2.09 bits per heavy atom. The second kappa shape index (κ2) is 8.96. The van der Waals surface area contributed by atoms with Crippen LogP contribution in [0, 0.1) is 11.3 Å². The Hall–Kier alpha value is -2.32. The maximum absolute atomic E-state index is 11.5. The Bertz CT molecular complexity index is 570. The normalized spacial score (nSPS) is 16.6. The highest BCUT2D eigenvalue weighted by Gasteiger charge is 2.19. The van der Waals surface area contributed by atoms with E-state index in [2.05, 4.69) is 34.5 Å². The van der Waals surface area contributed by atoms with Gasteiger partial charge in [-0.3, -0.25) is 4.90 Å². The summed E-state index contributed by atoms with van der Waals surface area (Å²) in [5.41, 5.74) is 1.35. The standard InChI is InChI=1S/C18H23N3O2/c1-2-23-18(22)16(12-19)13-20-17-8-10-21(11-9-17)14-15-6-4-3-5-7-15/h3-7,13,17,20H,2,8-11,14H2,1H3/b16-13+. The lowest BCUT2D eigenvalue weighted by Gasteiger charge is -2.32. The predicted molar refractivity (Wildman–Crippen MR) is 88.2 cm³/mol. The van der Waals surface area contributed by atoms with Crippen molar-refractivity contribution in [1.82, 2.24) is 10.2 Å². The Labute approximate surface area is 137 Å². The number of nitrogens with one attached hydrogen (secondary N) is 1. The summed E-state index contributed by atoms with van der Waals surface area (Å²) in [6.45, 7) is 4.97. The fraction of sp³-hybridized carbons (Fsp3) is 0.444. The number of nitriles is 1. The van der Waals surface area contributed by atoms with Crippen LogP contribution < -0.4 is 5.32 Å². The molecule has 23 heavy (non-hydrogen) atoms. The van der Waals surface area contributed by atoms with Crippen molar-refractivity contribution in [2.45, 2.75) is 32.4 Å². The second-order valence-corrected chi connectivity index (χ2v) is 5.59. The van der Waals surface area contributed by atoms with Gasteiger partial charge in [-0.2, -0.15) is 5.26 Å². The van der Waals surface area contributed by atoms with Crippen LogP contribution in [0.4, 0.5) is 0 Å². The summed E-state index contributed by atoms with van der Waals surface area (Å²) in [6, 6.07) is 12.6. The highest BCUT2D eigenvalue weighted by atomic mass is 16.5. The lowest BCUT2D eigenvalue weighted by Crippen LogP contribution is -2.40. The molecule has 122 valence electrons. The van der Waals surface area contributed by atoms with E-state index in [1.165, 1.54) is 11.8 Å². The molecule has 0 radical (unpaired) electrons. The lowest BCUT2D eigenvalue weighted by atomic mass is 10.0. The van der Waals surface area contributed by atoms with Crippen LogP contribution >= 0.6 is 0 Å². The molecule has 1 saturated heterocycles. The van der Waals surface area contributed by atoms with Gasteiger partial charge in [0.15, 0.2) is 5.57 Å². The molecular weight excluding hydrogens is 290 g/mol. The summed E-state index contributed by atoms with van der Waals surface area (Å²) in [5, 5.41) is 12.2. The molecule has 5 nitrogen and oxygen atoms in total. The van der Waals surface area contributed by atoms with Crippen molar-refractivity contribution < 1.29 is 9.53 Å². The van der Waals surface area contributed by atoms with E-state index in [0.29, 0.717) is 6.04 Å². The molecule has 2 rings (SSSR count). The lowest BCUT2D eigenvalue weighted by molar-refractivity contribution is -0.138. The molecule has 1 aromatic carbocycles. The summed E-state index contributed by atoms with van der Waals surface area (Å²) in [5.74, 6) is -0.566. The number of benzene rings is 1. The molecular formula is C18H23N3O2. The number of piperidine rings is 1. The molecule has 5 heteroatoms. The van der Waals surface area contributed by atoms with Crippen LogP contribution in [0.1, 0.15) is 25.3 Å². The molecule has 1 heterocycles. The van der Waals surface area contributed by atoms with Gasteiger partial charge in [-0.25, -0.2) is 4.79 Å². The van der Waals surface area contributed by atoms with Crippen LogP contribution in [0.3, 0.4) is 0 Å². The third kappa shape index (κ3) is 5.42. The topological polar surface area (TPSA) is 65.4 Å². The largest absolute Gasteiger partial charge is 0.462 e. The van der Waals surface area contributed by atoms with E-state index in [-0.39, 0.29) is 12.2 Å². The van der Waals surface area contributed by atoms with Gasteiger partial charge in [0.25, 0.3) is 0 Å². The maximum Gasteiger partial charge on any atom is 0.350 e. The monoisotopic (exact) mass is 313 g/mol. The number of rotatable bonds is 6. The Kier molecular flexibility index (Phi) is 6.64. The van der Waals surface area contributed by atoms with E-state index < -0.39 is 5.97 Å². The molecule has 1 aliphatic heterocycles. The van der Waals surface area contributed by atoms with Crippen LogP contribution in [0.2, 0.25) is 0 Å². The molecule has 0 bridgehead atoms. The minimum Gasteiger partial charge on any atom is -0.462 e. The highest BCUT2D eigenvalue weighted by Crippen LogP contribution is 2.14. The van der Waals surface area contributed by atoms with Crippen molar-refractivity contribution in [3.63, 3.8) is 0 Å². The van der Waals surface area contributed by atoms with Gasteiger partial charge in [-0.05, 0) is 25.3 Å². The second-order valence-electron chi connectivity index (χ2n) is 5.59. The Balaban J connectivity index is 1.78. The number of likely N-dealkylation sites (tertiary alicyclic amines) is 1. The minimum absolute atomic E-state index is 0.0264. The molecule has 0 saturated carbocycles. The SMILES string of the molecule is CCOC(=O)/C(C#N)=C/NC1CCN(Cc2ccccc2)CC1. The number of hydrogen-bond donors (Lipinski definition) is 1. The van der Waals surface area contributed by atoms with Gasteiger partial charge < -0.3 is 10.1 Å². The summed E-state index contributed by atoms with van der Waals surface area (Å²) in [4.78, 5) is 14.0. The van der Waals surface area contributed by atoms with Crippen molar-refractivity contribution in [2.24, 2.45) is 0 Å². The fourth-order valence-electron chi connectivity index (χ4n) is 2.65. The van der Waals surface area contributed by atoms with Crippen LogP contribution in [0.5, 0.6) is 0 Å². The zero-order valence-corrected chi connectivity index (χ0v) is 13.5. The van der Waals surface area contributed by atoms with Gasteiger partial charge in [0.05, 0.1) is 6.61 Å². The first-order chi connectivity index (χ1) is 11.2. The Morgan fingerprint density at radius 3 is 2.70 bits per heavy atom. The van der Waals surface area contributed by atoms with E-state index in [9.17, 15) is 4.79 Å². The summed E-state index contributed by atoms with van der Waals surface area (Å²) >= 11 is 0. The van der Waals surface area contributed by atoms with Crippen molar-refractivity contribution in [3.05, 3.63) is 47.7 Å². The average Bonchev–Trinajstić information content (AvgIpc) is 2.58. The Morgan fingerprint density at radius 1 is 1.39 bits per heavy atom. The summed E-state index contributed by atoms with van der Waals surface area (Å²) < 4.78 is 4.84. The molecule has 0 spiro atoms. The van der Waals surface area contributed by atoms with E-state index in [1.54, 1.807) is 6.92 Å². The van der Waals surface area contributed by atoms with Gasteiger partial charge in [0.1, 0.15) is 6.07 Å². The van der Waals surface area contributed by atoms with Gasteiger partial charge in [-0.1, -0.05) is 30.3 Å². The molecule has 0 aliphatic carbocycles. The molecule has 1 aliphatic rings. The van der Waals surface area contributed by atoms with E-state index in [4.69, 9.17) is 10.00 Å². The van der Waals surface area contributed by atoms with Crippen molar-refractivity contribution >= 4 is 5.97 Å². The summed E-state index contributed by atoms with van der Waals surface area (Å²) in [7, 11) is 0. The van der Waals surface area contributed by atoms with E-state index >= 15 is 0 Å². The quantitative estimate of drug-likeness (QED) is 0.495. The van der Waals surface area contributed by atoms with Crippen LogP contribution in [0.15, 0.2) is 42.1 Å². The zero-order chi connectivity index (χ0) is 16.5. The number of esters is 1. The van der Waals surface area contributed by atoms with Gasteiger partial charge in [-0.15, -0.1) is 0 Å². The van der Waals surface area contributed by atoms with Crippen molar-refractivity contribution in [2.75, 3.05) is 19.7 Å². The minimum atomic E-state index is -0.566. The molecule has 0 unspecified atom stereocenters. The predicted octanol–water partition coefficient (Wildman–Crippen LogP) is 2.21. The van der Waals surface area contributed by atoms with Gasteiger partial charge in [0.2, 0.25) is 0 Å². The maximum atomic E-state index is 11.5. The smallest absolute Gasteiger partial charge is 0.350 e. The van der Waals surface area contributed by atoms with Crippen LogP contribution in [-0.4, -0.2) is 36.6 Å². The first kappa shape index (κ1) is 17.0. The molecule has 0 aromatic heterocycles. The van der Waals surface area contributed by atoms with E-state index in [0.717, 1.165) is 32.5 Å². The first-order valence-corrected chi connectivity index (χ1v) is 8.02. The number of nitrogens with zero attached hydrogens (tertiary/aromatic N) is 2. The first-order valence-electron chi connectivity index (χ1n) is 8.02. The number of carbonyl (C=O) groups excluding carboxylic acids is 1. The summed E-state index contributed by atoms with van der Waals surface area (Å²) in [6.07, 6.45) is 3.48. The van der Waals surface area contributed by atoms with Gasteiger partial charge in [0, 0.05) is 31.9 Å². The molecule has 0 atom stereocenters. The molecule has 1 N–H and O–H groups in total. The van der Waals surface area contributed by atoms with Crippen molar-refractivity contribution in [1.29, 1.82) is 5.26 Å². The van der Waals surface area contributed by atoms with Gasteiger partial charge >= 0.3 is 5.97 Å². The number of ether oxygens (including phenoxy) is 1.